The Kier molecular flexibility index (Phi) is 6.29. The topological polar surface area (TPSA) is 3.24 Å². The van der Waals surface area contributed by atoms with Gasteiger partial charge in [-0.25, -0.2) is 4.39 Å². The highest BCUT2D eigenvalue weighted by molar-refractivity contribution is 6.30. The second kappa shape index (κ2) is 8.01. The van der Waals surface area contributed by atoms with Crippen LogP contribution in [0, 0.1) is 17.7 Å². The van der Waals surface area contributed by atoms with E-state index in [4.69, 9.17) is 11.6 Å². The Morgan fingerprint density at radius 3 is 2.83 bits per heavy atom. The van der Waals surface area contributed by atoms with Crippen molar-refractivity contribution in [2.24, 2.45) is 11.8 Å². The third-order valence-corrected chi connectivity index (χ3v) is 5.33. The van der Waals surface area contributed by atoms with E-state index in [1.807, 2.05) is 12.1 Å². The van der Waals surface area contributed by atoms with Crippen LogP contribution in [0.1, 0.15) is 51.6 Å². The monoisotopic (exact) mass is 335 g/mol. The summed E-state index contributed by atoms with van der Waals surface area (Å²) in [6.07, 6.45) is 7.56. The molecule has 1 aliphatic rings. The molecule has 1 fully saturated rings. The smallest absolute Gasteiger partial charge is 0.142 e. The van der Waals surface area contributed by atoms with Gasteiger partial charge < -0.3 is 4.90 Å². The molecule has 0 spiro atoms. The maximum absolute atomic E-state index is 13.8. The summed E-state index contributed by atoms with van der Waals surface area (Å²) in [6, 6.07) is 5.29. The third-order valence-electron chi connectivity index (χ3n) is 5.02. The van der Waals surface area contributed by atoms with Crippen LogP contribution in [0.3, 0.4) is 0 Å². The minimum Gasteiger partial charge on any atom is -0.368 e. The van der Waals surface area contributed by atoms with Gasteiger partial charge in [0, 0.05) is 12.2 Å². The summed E-state index contributed by atoms with van der Waals surface area (Å²) in [5.41, 5.74) is 2.36. The average Bonchev–Trinajstić information content (AvgIpc) is 2.53. The van der Waals surface area contributed by atoms with Crippen molar-refractivity contribution < 1.29 is 4.39 Å². The van der Waals surface area contributed by atoms with Gasteiger partial charge >= 0.3 is 0 Å². The second-order valence-electron chi connectivity index (χ2n) is 6.44. The van der Waals surface area contributed by atoms with E-state index in [1.165, 1.54) is 5.70 Å². The molecule has 3 unspecified atom stereocenters. The predicted molar refractivity (Wildman–Crippen MR) is 97.0 cm³/mol. The second-order valence-corrected chi connectivity index (χ2v) is 6.85. The van der Waals surface area contributed by atoms with Gasteiger partial charge in [0.1, 0.15) is 5.82 Å². The van der Waals surface area contributed by atoms with E-state index in [9.17, 15) is 4.39 Å². The van der Waals surface area contributed by atoms with Crippen molar-refractivity contribution in [2.45, 2.75) is 46.1 Å². The fraction of sp³-hybridized carbons (Fsp3) is 0.500. The zero-order chi connectivity index (χ0) is 17.0. The molecule has 1 aromatic rings. The lowest BCUT2D eigenvalue weighted by Crippen LogP contribution is -2.38. The Hall–Kier alpha value is -1.28. The highest BCUT2D eigenvalue weighted by Gasteiger charge is 2.31. The van der Waals surface area contributed by atoms with Crippen LogP contribution >= 0.6 is 11.6 Å². The van der Waals surface area contributed by atoms with Crippen LogP contribution < -0.4 is 0 Å². The maximum Gasteiger partial charge on any atom is 0.142 e. The molecule has 1 aromatic carbocycles. The number of nitrogens with zero attached hydrogens (tertiary/aromatic N) is 1. The van der Waals surface area contributed by atoms with E-state index in [1.54, 1.807) is 12.1 Å². The quantitative estimate of drug-likeness (QED) is 0.565. The molecule has 0 aliphatic carbocycles. The van der Waals surface area contributed by atoms with Crippen LogP contribution in [-0.4, -0.2) is 11.4 Å². The standard InChI is InChI=1S/C20H27ClFN/c1-5-7-16-11-12-23(20(8-6-2)14(16)3)15(4)17-9-10-18(21)19(22)13-17/h5,8-10,13-16H,1,6-7,11-12H2,2-4H3/b20-8+. The summed E-state index contributed by atoms with van der Waals surface area (Å²) >= 11 is 5.82. The summed E-state index contributed by atoms with van der Waals surface area (Å²) in [6.45, 7) is 11.5. The summed E-state index contributed by atoms with van der Waals surface area (Å²) in [7, 11) is 0. The van der Waals surface area contributed by atoms with Crippen LogP contribution in [0.2, 0.25) is 5.02 Å². The molecule has 3 heteroatoms. The summed E-state index contributed by atoms with van der Waals surface area (Å²) in [5, 5.41) is 0.184. The Bertz CT molecular complexity index is 581. The Balaban J connectivity index is 2.27. The van der Waals surface area contributed by atoms with Gasteiger partial charge in [0.25, 0.3) is 0 Å². The van der Waals surface area contributed by atoms with E-state index in [-0.39, 0.29) is 16.9 Å². The number of likely N-dealkylation sites (tertiary alicyclic amines) is 1. The van der Waals surface area contributed by atoms with Gasteiger partial charge in [-0.3, -0.25) is 0 Å². The molecular weight excluding hydrogens is 309 g/mol. The lowest BCUT2D eigenvalue weighted by molar-refractivity contribution is 0.152. The Morgan fingerprint density at radius 2 is 2.22 bits per heavy atom. The number of allylic oxidation sites excluding steroid dienone is 3. The number of benzene rings is 1. The van der Waals surface area contributed by atoms with Gasteiger partial charge in [0.05, 0.1) is 11.1 Å². The van der Waals surface area contributed by atoms with Crippen molar-refractivity contribution in [2.75, 3.05) is 6.54 Å². The number of hydrogen-bond acceptors (Lipinski definition) is 1. The maximum atomic E-state index is 13.8. The fourth-order valence-corrected chi connectivity index (χ4v) is 3.72. The van der Waals surface area contributed by atoms with E-state index in [0.717, 1.165) is 31.4 Å². The van der Waals surface area contributed by atoms with E-state index >= 15 is 0 Å². The highest BCUT2D eigenvalue weighted by atomic mass is 35.5. The molecule has 2 rings (SSSR count). The molecule has 0 bridgehead atoms. The SMILES string of the molecule is C=CCC1CCN(C(C)c2ccc(Cl)c(F)c2)/C(=C/CC)C1C. The van der Waals surface area contributed by atoms with Crippen molar-refractivity contribution in [3.05, 3.63) is 59.0 Å². The molecular formula is C20H27ClFN. The van der Waals surface area contributed by atoms with Crippen molar-refractivity contribution in [3.8, 4) is 0 Å². The Morgan fingerprint density at radius 1 is 1.48 bits per heavy atom. The summed E-state index contributed by atoms with van der Waals surface area (Å²) < 4.78 is 13.8. The normalized spacial score (nSPS) is 24.7. The van der Waals surface area contributed by atoms with Gasteiger partial charge in [-0.15, -0.1) is 6.58 Å². The molecule has 1 heterocycles. The van der Waals surface area contributed by atoms with Crippen LogP contribution in [0.15, 0.2) is 42.6 Å². The first kappa shape index (κ1) is 18.1. The molecule has 0 radical (unpaired) electrons. The van der Waals surface area contributed by atoms with Crippen molar-refractivity contribution in [1.29, 1.82) is 0 Å². The van der Waals surface area contributed by atoms with E-state index in [0.29, 0.717) is 11.8 Å². The summed E-state index contributed by atoms with van der Waals surface area (Å²) in [4.78, 5) is 2.43. The molecule has 126 valence electrons. The first-order chi connectivity index (χ1) is 11.0. The summed E-state index contributed by atoms with van der Waals surface area (Å²) in [5.74, 6) is 0.809. The molecule has 0 aromatic heterocycles. The van der Waals surface area contributed by atoms with Gasteiger partial charge in [0.15, 0.2) is 0 Å². The van der Waals surface area contributed by atoms with E-state index in [2.05, 4.69) is 38.3 Å². The Labute approximate surface area is 144 Å². The van der Waals surface area contributed by atoms with Crippen LogP contribution in [0.5, 0.6) is 0 Å². The third kappa shape index (κ3) is 3.98. The highest BCUT2D eigenvalue weighted by Crippen LogP contribution is 2.39. The molecule has 1 nitrogen and oxygen atoms in total. The lowest BCUT2D eigenvalue weighted by atomic mass is 9.80. The molecule has 1 aliphatic heterocycles. The zero-order valence-electron chi connectivity index (χ0n) is 14.4. The molecule has 3 atom stereocenters. The lowest BCUT2D eigenvalue weighted by Gasteiger charge is -2.44. The first-order valence-electron chi connectivity index (χ1n) is 8.52. The van der Waals surface area contributed by atoms with Gasteiger partial charge in [-0.1, -0.05) is 43.7 Å². The van der Waals surface area contributed by atoms with E-state index < -0.39 is 0 Å². The zero-order valence-corrected chi connectivity index (χ0v) is 15.1. The van der Waals surface area contributed by atoms with Gasteiger partial charge in [-0.05, 0) is 55.7 Å². The minimum atomic E-state index is -0.341. The predicted octanol–water partition coefficient (Wildman–Crippen LogP) is 6.37. The van der Waals surface area contributed by atoms with Crippen LogP contribution in [-0.2, 0) is 0 Å². The molecule has 1 saturated heterocycles. The number of hydrogen-bond donors (Lipinski definition) is 0. The minimum absolute atomic E-state index is 0.145. The van der Waals surface area contributed by atoms with Crippen LogP contribution in [0.25, 0.3) is 0 Å². The average molecular weight is 336 g/mol. The number of rotatable bonds is 5. The largest absolute Gasteiger partial charge is 0.368 e. The van der Waals surface area contributed by atoms with Crippen molar-refractivity contribution in [3.63, 3.8) is 0 Å². The van der Waals surface area contributed by atoms with Gasteiger partial charge in [-0.2, -0.15) is 0 Å². The molecule has 23 heavy (non-hydrogen) atoms. The van der Waals surface area contributed by atoms with Crippen molar-refractivity contribution in [1.82, 2.24) is 4.90 Å². The fourth-order valence-electron chi connectivity index (χ4n) is 3.60. The van der Waals surface area contributed by atoms with Crippen LogP contribution in [0.4, 0.5) is 4.39 Å². The first-order valence-corrected chi connectivity index (χ1v) is 8.89. The number of piperidine rings is 1. The molecule has 0 amide bonds. The number of halogens is 2. The molecule has 0 N–H and O–H groups in total. The van der Waals surface area contributed by atoms with Gasteiger partial charge in [0.2, 0.25) is 0 Å². The molecule has 0 saturated carbocycles. The van der Waals surface area contributed by atoms with Crippen molar-refractivity contribution >= 4 is 11.6 Å².